The normalized spacial score (nSPS) is 22.5. The summed E-state index contributed by atoms with van der Waals surface area (Å²) in [6, 6.07) is 0. The molecule has 0 aromatic rings. The van der Waals surface area contributed by atoms with Crippen molar-refractivity contribution in [1.82, 2.24) is 0 Å². The lowest BCUT2D eigenvalue weighted by molar-refractivity contribution is -0.130. The highest BCUT2D eigenvalue weighted by molar-refractivity contribution is 7.99. The van der Waals surface area contributed by atoms with Crippen molar-refractivity contribution in [3.63, 3.8) is 0 Å². The summed E-state index contributed by atoms with van der Waals surface area (Å²) in [7, 11) is 0. The monoisotopic (exact) mass is 184 g/mol. The minimum atomic E-state index is -1.02. The maximum atomic E-state index is 10.1. The molecule has 1 N–H and O–H groups in total. The van der Waals surface area contributed by atoms with Crippen molar-refractivity contribution in [1.29, 1.82) is 0 Å². The van der Waals surface area contributed by atoms with Gasteiger partial charge in [-0.3, -0.25) is 0 Å². The summed E-state index contributed by atoms with van der Waals surface area (Å²) < 4.78 is 0. The molecule has 0 bridgehead atoms. The van der Waals surface area contributed by atoms with Gasteiger partial charge in [-0.25, -0.2) is 4.79 Å². The van der Waals surface area contributed by atoms with Gasteiger partial charge in [0.2, 0.25) is 0 Å². The maximum Gasteiger partial charge on any atom is 0.381 e. The Bertz CT molecular complexity index is 208. The van der Waals surface area contributed by atoms with E-state index in [9.17, 15) is 4.79 Å². The van der Waals surface area contributed by atoms with E-state index in [0.29, 0.717) is 5.25 Å². The maximum absolute atomic E-state index is 10.1. The molecule has 0 amide bonds. The zero-order valence-corrected chi connectivity index (χ0v) is 7.69. The fourth-order valence-electron chi connectivity index (χ4n) is 1.21. The van der Waals surface area contributed by atoms with Crippen molar-refractivity contribution in [2.45, 2.75) is 30.9 Å². The Hall–Kier alpha value is -0.620. The molecule has 0 saturated carbocycles. The van der Waals surface area contributed by atoms with E-state index in [1.165, 1.54) is 25.0 Å². The van der Waals surface area contributed by atoms with E-state index in [1.54, 1.807) is 0 Å². The van der Waals surface area contributed by atoms with Gasteiger partial charge in [-0.2, -0.15) is 11.8 Å². The second kappa shape index (κ2) is 5.10. The molecule has 1 aliphatic heterocycles. The number of carbonyl (C=O) groups is 1. The number of aliphatic carboxylic acids is 1. The van der Waals surface area contributed by atoms with Gasteiger partial charge >= 0.3 is 5.97 Å². The van der Waals surface area contributed by atoms with E-state index in [-0.39, 0.29) is 0 Å². The van der Waals surface area contributed by atoms with Crippen molar-refractivity contribution in [2.75, 3.05) is 5.75 Å². The van der Waals surface area contributed by atoms with Gasteiger partial charge in [-0.1, -0.05) is 12.3 Å². The molecular formula is C9H12O2S. The molecule has 1 unspecified atom stereocenters. The first-order chi connectivity index (χ1) is 5.79. The molecule has 1 atom stereocenters. The van der Waals surface area contributed by atoms with E-state index < -0.39 is 5.97 Å². The van der Waals surface area contributed by atoms with Crippen LogP contribution in [0, 0.1) is 11.8 Å². The lowest BCUT2D eigenvalue weighted by Crippen LogP contribution is -2.08. The van der Waals surface area contributed by atoms with Gasteiger partial charge in [0, 0.05) is 17.6 Å². The van der Waals surface area contributed by atoms with Crippen molar-refractivity contribution in [2.24, 2.45) is 0 Å². The quantitative estimate of drug-likeness (QED) is 0.631. The van der Waals surface area contributed by atoms with Crippen molar-refractivity contribution >= 4 is 17.7 Å². The first kappa shape index (κ1) is 9.47. The predicted molar refractivity (Wildman–Crippen MR) is 50.1 cm³/mol. The van der Waals surface area contributed by atoms with E-state index in [4.69, 9.17) is 5.11 Å². The van der Waals surface area contributed by atoms with Crippen LogP contribution in [-0.2, 0) is 4.79 Å². The Kier molecular flexibility index (Phi) is 4.02. The van der Waals surface area contributed by atoms with Crippen molar-refractivity contribution in [3.05, 3.63) is 0 Å². The van der Waals surface area contributed by atoms with Crippen LogP contribution in [0.15, 0.2) is 0 Å². The first-order valence-electron chi connectivity index (χ1n) is 4.12. The molecule has 0 aliphatic carbocycles. The largest absolute Gasteiger partial charge is 0.472 e. The zero-order valence-electron chi connectivity index (χ0n) is 6.88. The molecule has 12 heavy (non-hydrogen) atoms. The van der Waals surface area contributed by atoms with Crippen LogP contribution in [0.3, 0.4) is 0 Å². The number of hydrogen-bond donors (Lipinski definition) is 1. The third kappa shape index (κ3) is 3.68. The molecule has 1 fully saturated rings. The number of carboxylic acid groups (broad SMARTS) is 1. The highest BCUT2D eigenvalue weighted by atomic mass is 32.2. The topological polar surface area (TPSA) is 37.3 Å². The fourth-order valence-corrected chi connectivity index (χ4v) is 2.45. The third-order valence-electron chi connectivity index (χ3n) is 1.80. The molecule has 1 rings (SSSR count). The average Bonchev–Trinajstić information content (AvgIpc) is 2.05. The summed E-state index contributed by atoms with van der Waals surface area (Å²) in [6.07, 6.45) is 4.50. The minimum Gasteiger partial charge on any atom is -0.472 e. The second-order valence-electron chi connectivity index (χ2n) is 2.80. The second-order valence-corrected chi connectivity index (χ2v) is 4.21. The molecule has 1 saturated heterocycles. The van der Waals surface area contributed by atoms with Gasteiger partial charge < -0.3 is 5.11 Å². The minimum absolute atomic E-state index is 0.575. The van der Waals surface area contributed by atoms with Crippen LogP contribution < -0.4 is 0 Å². The van der Waals surface area contributed by atoms with Crippen LogP contribution in [0.5, 0.6) is 0 Å². The van der Waals surface area contributed by atoms with Crippen LogP contribution in [-0.4, -0.2) is 22.1 Å². The number of rotatable bonds is 1. The molecule has 0 spiro atoms. The zero-order chi connectivity index (χ0) is 8.81. The Morgan fingerprint density at radius 1 is 1.58 bits per heavy atom. The Labute approximate surface area is 76.7 Å². The van der Waals surface area contributed by atoms with Gasteiger partial charge in [0.05, 0.1) is 0 Å². The summed E-state index contributed by atoms with van der Waals surface area (Å²) in [4.78, 5) is 10.1. The molecule has 1 aliphatic rings. The molecular weight excluding hydrogens is 172 g/mol. The molecule has 66 valence electrons. The standard InChI is InChI=1S/C9H12O2S/c10-9(11)6-3-5-8-4-1-2-7-12-8/h8H,1-2,4-5,7H2,(H,10,11). The summed E-state index contributed by atoms with van der Waals surface area (Å²) in [5.74, 6) is 5.02. The van der Waals surface area contributed by atoms with Gasteiger partial charge in [0.15, 0.2) is 0 Å². The average molecular weight is 184 g/mol. The van der Waals surface area contributed by atoms with Crippen LogP contribution >= 0.6 is 11.8 Å². The lowest BCUT2D eigenvalue weighted by atomic mass is 10.1. The van der Waals surface area contributed by atoms with Crippen LogP contribution in [0.1, 0.15) is 25.7 Å². The SMILES string of the molecule is O=C(O)C#CCC1CCCCS1. The summed E-state index contributed by atoms with van der Waals surface area (Å²) >= 11 is 1.92. The van der Waals surface area contributed by atoms with Crippen LogP contribution in [0.2, 0.25) is 0 Å². The van der Waals surface area contributed by atoms with Gasteiger partial charge in [-0.05, 0) is 18.6 Å². The Morgan fingerprint density at radius 2 is 2.42 bits per heavy atom. The highest BCUT2D eigenvalue weighted by Crippen LogP contribution is 2.26. The fraction of sp³-hybridized carbons (Fsp3) is 0.667. The molecule has 0 radical (unpaired) electrons. The van der Waals surface area contributed by atoms with E-state index in [1.807, 2.05) is 11.8 Å². The smallest absolute Gasteiger partial charge is 0.381 e. The number of thioether (sulfide) groups is 1. The van der Waals surface area contributed by atoms with Gasteiger partial charge in [0.25, 0.3) is 0 Å². The van der Waals surface area contributed by atoms with Crippen molar-refractivity contribution in [3.8, 4) is 11.8 Å². The van der Waals surface area contributed by atoms with E-state index in [0.717, 1.165) is 6.42 Å². The lowest BCUT2D eigenvalue weighted by Gasteiger charge is -2.18. The molecule has 3 heteroatoms. The van der Waals surface area contributed by atoms with Gasteiger partial charge in [-0.15, -0.1) is 0 Å². The number of carboxylic acids is 1. The summed E-state index contributed by atoms with van der Waals surface area (Å²) in [5, 5.41) is 8.84. The van der Waals surface area contributed by atoms with Crippen molar-refractivity contribution < 1.29 is 9.90 Å². The van der Waals surface area contributed by atoms with Crippen LogP contribution in [0.4, 0.5) is 0 Å². The van der Waals surface area contributed by atoms with E-state index >= 15 is 0 Å². The van der Waals surface area contributed by atoms with Gasteiger partial charge in [0.1, 0.15) is 0 Å². The third-order valence-corrected chi connectivity index (χ3v) is 3.20. The summed E-state index contributed by atoms with van der Waals surface area (Å²) in [6.45, 7) is 0. The Balaban J connectivity index is 2.22. The molecule has 0 aromatic heterocycles. The molecule has 1 heterocycles. The molecule has 0 aromatic carbocycles. The summed E-state index contributed by atoms with van der Waals surface area (Å²) in [5.41, 5.74) is 0. The van der Waals surface area contributed by atoms with E-state index in [2.05, 4.69) is 11.8 Å². The Morgan fingerprint density at radius 3 is 3.00 bits per heavy atom. The number of hydrogen-bond acceptors (Lipinski definition) is 2. The van der Waals surface area contributed by atoms with Crippen LogP contribution in [0.25, 0.3) is 0 Å². The molecule has 2 nitrogen and oxygen atoms in total. The first-order valence-corrected chi connectivity index (χ1v) is 5.17. The predicted octanol–water partition coefficient (Wildman–Crippen LogP) is 1.75. The highest BCUT2D eigenvalue weighted by Gasteiger charge is 2.11.